The average Bonchev–Trinajstić information content (AvgIpc) is 2.07. The Labute approximate surface area is 76.6 Å². The van der Waals surface area contributed by atoms with E-state index in [1.165, 1.54) is 11.8 Å². The molecule has 0 radical (unpaired) electrons. The van der Waals surface area contributed by atoms with Gasteiger partial charge in [0, 0.05) is 13.1 Å². The van der Waals surface area contributed by atoms with Crippen LogP contribution >= 0.6 is 24.0 Å². The number of morpholine rings is 1. The van der Waals surface area contributed by atoms with Crippen LogP contribution in [0, 0.1) is 0 Å². The van der Waals surface area contributed by atoms with E-state index in [1.54, 1.807) is 5.41 Å². The predicted molar refractivity (Wildman–Crippen MR) is 52.8 cm³/mol. The minimum absolute atomic E-state index is 0.790. The van der Waals surface area contributed by atoms with Crippen LogP contribution in [0.25, 0.3) is 0 Å². The van der Waals surface area contributed by atoms with E-state index in [2.05, 4.69) is 11.5 Å². The molecule has 2 nitrogen and oxygen atoms in total. The van der Waals surface area contributed by atoms with Crippen LogP contribution in [0.4, 0.5) is 0 Å². The van der Waals surface area contributed by atoms with Crippen LogP contribution in [0.15, 0.2) is 12.0 Å². The van der Waals surface area contributed by atoms with E-state index >= 15 is 0 Å². The van der Waals surface area contributed by atoms with Crippen LogP contribution in [0.5, 0.6) is 0 Å². The Morgan fingerprint density at radius 1 is 1.55 bits per heavy atom. The number of ether oxygens (including phenoxy) is 1. The van der Waals surface area contributed by atoms with E-state index in [1.807, 2.05) is 0 Å². The lowest BCUT2D eigenvalue weighted by molar-refractivity contribution is 0.0702. The van der Waals surface area contributed by atoms with Gasteiger partial charge in [-0.1, -0.05) is 30.6 Å². The highest BCUT2D eigenvalue weighted by Gasteiger charge is 2.12. The molecule has 0 amide bonds. The zero-order chi connectivity index (χ0) is 8.10. The first-order chi connectivity index (χ1) is 5.34. The predicted octanol–water partition coefficient (Wildman–Crippen LogP) is 1.48. The molecule has 1 aliphatic rings. The maximum absolute atomic E-state index is 5.19. The first kappa shape index (κ1) is 9.03. The van der Waals surface area contributed by atoms with Gasteiger partial charge in [0.05, 0.1) is 13.2 Å². The molecule has 0 atom stereocenters. The van der Waals surface area contributed by atoms with E-state index in [0.717, 1.165) is 30.6 Å². The van der Waals surface area contributed by atoms with Crippen molar-refractivity contribution < 1.29 is 4.74 Å². The molecule has 1 rings (SSSR count). The summed E-state index contributed by atoms with van der Waals surface area (Å²) in [6.07, 6.45) is 0. The number of rotatable bonds is 1. The van der Waals surface area contributed by atoms with Crippen molar-refractivity contribution in [1.29, 1.82) is 0 Å². The lowest BCUT2D eigenvalue weighted by Crippen LogP contribution is -2.38. The van der Waals surface area contributed by atoms with Gasteiger partial charge in [-0.05, 0) is 5.41 Å². The Morgan fingerprint density at radius 3 is 2.73 bits per heavy atom. The van der Waals surface area contributed by atoms with Crippen LogP contribution in [0.3, 0.4) is 0 Å². The molecule has 62 valence electrons. The van der Waals surface area contributed by atoms with E-state index < -0.39 is 0 Å². The molecule has 0 saturated carbocycles. The summed E-state index contributed by atoms with van der Waals surface area (Å²) < 4.78 is 6.10. The van der Waals surface area contributed by atoms with Gasteiger partial charge in [0.25, 0.3) is 0 Å². The third kappa shape index (κ3) is 2.81. The number of hydrogen-bond acceptors (Lipinski definition) is 3. The molecule has 1 fully saturated rings. The van der Waals surface area contributed by atoms with Crippen molar-refractivity contribution in [2.24, 2.45) is 0 Å². The highest BCUT2D eigenvalue weighted by Crippen LogP contribution is 2.11. The van der Waals surface area contributed by atoms with Crippen LogP contribution in [-0.4, -0.2) is 35.5 Å². The van der Waals surface area contributed by atoms with Gasteiger partial charge in [-0.15, -0.1) is 0 Å². The van der Waals surface area contributed by atoms with Gasteiger partial charge in [0.1, 0.15) is 4.32 Å². The van der Waals surface area contributed by atoms with Gasteiger partial charge >= 0.3 is 0 Å². The molecular formula is C7H11NOS2. The number of thioether (sulfide) groups is 1. The number of hydrogen-bond donors (Lipinski definition) is 0. The zero-order valence-electron chi connectivity index (χ0n) is 6.28. The summed E-state index contributed by atoms with van der Waals surface area (Å²) in [5.41, 5.74) is 0. The fraction of sp³-hybridized carbons (Fsp3) is 0.571. The molecule has 11 heavy (non-hydrogen) atoms. The Hall–Kier alpha value is -0.0600. The molecule has 0 unspecified atom stereocenters. The standard InChI is InChI=1S/C7H11NOS2/c1-2-11-7(10)8-3-5-9-6-4-8/h2H,1,3-6H2. The van der Waals surface area contributed by atoms with E-state index in [9.17, 15) is 0 Å². The maximum atomic E-state index is 5.19. The smallest absolute Gasteiger partial charge is 0.140 e. The molecule has 4 heteroatoms. The van der Waals surface area contributed by atoms with Crippen LogP contribution < -0.4 is 0 Å². The summed E-state index contributed by atoms with van der Waals surface area (Å²) >= 11 is 6.64. The first-order valence-corrected chi connectivity index (χ1v) is 4.77. The normalized spacial score (nSPS) is 18.0. The second-order valence-corrected chi connectivity index (χ2v) is 3.75. The van der Waals surface area contributed by atoms with Crippen LogP contribution in [0.1, 0.15) is 0 Å². The SMILES string of the molecule is C=CSC(=S)N1CCOCC1. The Morgan fingerprint density at radius 2 is 2.18 bits per heavy atom. The molecule has 0 bridgehead atoms. The molecule has 0 spiro atoms. The molecular weight excluding hydrogens is 178 g/mol. The Kier molecular flexibility index (Phi) is 3.90. The summed E-state index contributed by atoms with van der Waals surface area (Å²) in [4.78, 5) is 2.14. The summed E-state index contributed by atoms with van der Waals surface area (Å²) in [6, 6.07) is 0. The molecule has 0 aliphatic carbocycles. The van der Waals surface area contributed by atoms with Gasteiger partial charge in [-0.25, -0.2) is 0 Å². The second kappa shape index (κ2) is 4.74. The van der Waals surface area contributed by atoms with Crippen molar-refractivity contribution in [3.8, 4) is 0 Å². The summed E-state index contributed by atoms with van der Waals surface area (Å²) in [5.74, 6) is 0. The van der Waals surface area contributed by atoms with E-state index in [0.29, 0.717) is 0 Å². The molecule has 1 heterocycles. The van der Waals surface area contributed by atoms with Crippen molar-refractivity contribution in [2.45, 2.75) is 0 Å². The third-order valence-electron chi connectivity index (χ3n) is 1.45. The quantitative estimate of drug-likeness (QED) is 0.579. The van der Waals surface area contributed by atoms with Crippen molar-refractivity contribution in [3.05, 3.63) is 12.0 Å². The van der Waals surface area contributed by atoms with Crippen molar-refractivity contribution in [3.63, 3.8) is 0 Å². The molecule has 0 aromatic rings. The topological polar surface area (TPSA) is 12.5 Å². The monoisotopic (exact) mass is 189 g/mol. The third-order valence-corrected chi connectivity index (χ3v) is 2.63. The fourth-order valence-electron chi connectivity index (χ4n) is 0.892. The highest BCUT2D eigenvalue weighted by molar-refractivity contribution is 8.24. The molecule has 1 saturated heterocycles. The first-order valence-electron chi connectivity index (χ1n) is 3.49. The largest absolute Gasteiger partial charge is 0.378 e. The van der Waals surface area contributed by atoms with Crippen molar-refractivity contribution >= 4 is 28.3 Å². The molecule has 0 N–H and O–H groups in total. The number of nitrogens with zero attached hydrogens (tertiary/aromatic N) is 1. The molecule has 0 aromatic heterocycles. The highest BCUT2D eigenvalue weighted by atomic mass is 32.2. The molecule has 0 aromatic carbocycles. The van der Waals surface area contributed by atoms with Gasteiger partial charge < -0.3 is 9.64 Å². The van der Waals surface area contributed by atoms with Crippen LogP contribution in [-0.2, 0) is 4.74 Å². The molecule has 1 aliphatic heterocycles. The lowest BCUT2D eigenvalue weighted by atomic mass is 10.5. The van der Waals surface area contributed by atoms with Gasteiger partial charge in [-0.3, -0.25) is 0 Å². The van der Waals surface area contributed by atoms with Crippen LogP contribution in [0.2, 0.25) is 0 Å². The maximum Gasteiger partial charge on any atom is 0.140 e. The summed E-state index contributed by atoms with van der Waals surface area (Å²) in [6.45, 7) is 7.02. The van der Waals surface area contributed by atoms with Gasteiger partial charge in [0.2, 0.25) is 0 Å². The van der Waals surface area contributed by atoms with Crippen molar-refractivity contribution in [2.75, 3.05) is 26.3 Å². The summed E-state index contributed by atoms with van der Waals surface area (Å²) in [5, 5.41) is 1.76. The number of thiocarbonyl (C=S) groups is 1. The van der Waals surface area contributed by atoms with Gasteiger partial charge in [-0.2, -0.15) is 0 Å². The second-order valence-electron chi connectivity index (χ2n) is 2.15. The summed E-state index contributed by atoms with van der Waals surface area (Å²) in [7, 11) is 0. The zero-order valence-corrected chi connectivity index (χ0v) is 7.92. The fourth-order valence-corrected chi connectivity index (χ4v) is 1.75. The van der Waals surface area contributed by atoms with E-state index in [-0.39, 0.29) is 0 Å². The Balaban J connectivity index is 2.32. The Bertz CT molecular complexity index is 155. The van der Waals surface area contributed by atoms with Crippen molar-refractivity contribution in [1.82, 2.24) is 4.90 Å². The minimum atomic E-state index is 0.790. The van der Waals surface area contributed by atoms with Gasteiger partial charge in [0.15, 0.2) is 0 Å². The average molecular weight is 189 g/mol. The minimum Gasteiger partial charge on any atom is -0.378 e. The lowest BCUT2D eigenvalue weighted by Gasteiger charge is -2.27. The van der Waals surface area contributed by atoms with E-state index in [4.69, 9.17) is 17.0 Å².